The Kier molecular flexibility index (Phi) is 2.84. The molecule has 3 rings (SSSR count). The van der Waals surface area contributed by atoms with Gasteiger partial charge in [0.15, 0.2) is 0 Å². The number of halogens is 1. The normalized spacial score (nSPS) is 11.4. The maximum atomic E-state index is 13.3. The summed E-state index contributed by atoms with van der Waals surface area (Å²) in [4.78, 5) is 0. The third-order valence-corrected chi connectivity index (χ3v) is 2.76. The van der Waals surface area contributed by atoms with Crippen LogP contribution in [0.1, 0.15) is 0 Å². The molecule has 0 unspecified atom stereocenters. The Hall–Kier alpha value is -1.90. The first-order chi connectivity index (χ1) is 7.77. The second kappa shape index (κ2) is 4.17. The first kappa shape index (κ1) is 11.6. The zero-order valence-corrected chi connectivity index (χ0v) is 8.40. The molecule has 17 heavy (non-hydrogen) atoms. The summed E-state index contributed by atoms with van der Waals surface area (Å²) in [6.07, 6.45) is 0. The van der Waals surface area contributed by atoms with Crippen molar-refractivity contribution in [3.8, 4) is 22.6 Å². The van der Waals surface area contributed by atoms with Gasteiger partial charge in [-0.3, -0.25) is 0 Å². The van der Waals surface area contributed by atoms with Gasteiger partial charge >= 0.3 is 7.48 Å². The molecule has 0 fully saturated rings. The first-order valence-corrected chi connectivity index (χ1v) is 5.00. The van der Waals surface area contributed by atoms with E-state index in [9.17, 15) is 9.50 Å². The molecule has 1 aliphatic heterocycles. The van der Waals surface area contributed by atoms with Crippen molar-refractivity contribution in [1.82, 2.24) is 0 Å². The van der Waals surface area contributed by atoms with Crippen LogP contribution in [0.5, 0.6) is 11.5 Å². The standard InChI is InChI=1S/C12H8BFO2.BH3/c14-9-6-5-8(12-11(9)13-16-12)7-3-1-2-4-10(7)15;/h1-6,13,15H;1H3. The van der Waals surface area contributed by atoms with Gasteiger partial charge in [0.2, 0.25) is 0 Å². The molecule has 5 heteroatoms. The third-order valence-electron chi connectivity index (χ3n) is 2.76. The van der Waals surface area contributed by atoms with E-state index in [0.717, 1.165) is 5.56 Å². The van der Waals surface area contributed by atoms with Crippen LogP contribution in [0.3, 0.4) is 0 Å². The Morgan fingerprint density at radius 3 is 2.47 bits per heavy atom. The number of para-hydroxylation sites is 1. The van der Waals surface area contributed by atoms with Crippen LogP contribution in [-0.2, 0) is 0 Å². The lowest BCUT2D eigenvalue weighted by molar-refractivity contribution is 0.476. The Bertz CT molecular complexity index is 572. The highest BCUT2D eigenvalue weighted by Gasteiger charge is 2.26. The monoisotopic (exact) mass is 228 g/mol. The van der Waals surface area contributed by atoms with Crippen molar-refractivity contribution in [2.75, 3.05) is 0 Å². The van der Waals surface area contributed by atoms with Gasteiger partial charge in [-0.1, -0.05) is 18.2 Å². The minimum Gasteiger partial charge on any atom is -0.559 e. The minimum absolute atomic E-state index is 0. The summed E-state index contributed by atoms with van der Waals surface area (Å²) in [5.74, 6) is 0.466. The average Bonchev–Trinajstić information content (AvgIpc) is 2.22. The minimum atomic E-state index is -0.250. The molecule has 0 bridgehead atoms. The molecule has 0 aliphatic carbocycles. The molecule has 84 valence electrons. The zero-order valence-electron chi connectivity index (χ0n) is 8.40. The van der Waals surface area contributed by atoms with Crippen LogP contribution in [0, 0.1) is 5.82 Å². The Morgan fingerprint density at radius 1 is 1.06 bits per heavy atom. The summed E-state index contributed by atoms with van der Waals surface area (Å²) in [5, 5.41) is 9.72. The van der Waals surface area contributed by atoms with Gasteiger partial charge in [-0.2, -0.15) is 0 Å². The van der Waals surface area contributed by atoms with Crippen LogP contribution in [0.4, 0.5) is 4.39 Å². The van der Waals surface area contributed by atoms with Gasteiger partial charge in [-0.05, 0) is 18.2 Å². The zero-order chi connectivity index (χ0) is 11.1. The molecule has 1 heterocycles. The largest absolute Gasteiger partial charge is 0.559 e. The maximum absolute atomic E-state index is 13.3. The van der Waals surface area contributed by atoms with Crippen molar-refractivity contribution in [1.29, 1.82) is 0 Å². The second-order valence-corrected chi connectivity index (χ2v) is 3.71. The highest BCUT2D eigenvalue weighted by Crippen LogP contribution is 2.36. The number of phenolic OH excluding ortho intramolecular Hbond substituents is 1. The van der Waals surface area contributed by atoms with E-state index < -0.39 is 0 Å². The van der Waals surface area contributed by atoms with Crippen LogP contribution >= 0.6 is 0 Å². The summed E-state index contributed by atoms with van der Waals surface area (Å²) in [6.45, 7) is 0. The van der Waals surface area contributed by atoms with E-state index in [4.69, 9.17) is 4.65 Å². The number of fused-ring (bicyclic) bond motifs is 1. The summed E-state index contributed by atoms with van der Waals surface area (Å²) in [6, 6.07) is 9.98. The van der Waals surface area contributed by atoms with Crippen molar-refractivity contribution in [2.24, 2.45) is 0 Å². The predicted octanol–water partition coefficient (Wildman–Crippen LogP) is 0.384. The van der Waals surface area contributed by atoms with Gasteiger partial charge in [0, 0.05) is 16.6 Å². The number of phenols is 1. The summed E-state index contributed by atoms with van der Waals surface area (Å²) in [7, 11) is 0.308. The van der Waals surface area contributed by atoms with Crippen LogP contribution in [-0.4, -0.2) is 21.0 Å². The molecular formula is C12H11B2FO2. The molecule has 2 aromatic rings. The number of benzene rings is 2. The van der Waals surface area contributed by atoms with Crippen LogP contribution in [0.25, 0.3) is 11.1 Å². The molecule has 0 amide bonds. The quantitative estimate of drug-likeness (QED) is 0.715. The van der Waals surface area contributed by atoms with Gasteiger partial charge in [-0.25, -0.2) is 4.39 Å². The van der Waals surface area contributed by atoms with E-state index in [2.05, 4.69) is 0 Å². The molecule has 0 aromatic heterocycles. The lowest BCUT2D eigenvalue weighted by Gasteiger charge is -2.23. The summed E-state index contributed by atoms with van der Waals surface area (Å²) < 4.78 is 18.5. The van der Waals surface area contributed by atoms with Crippen molar-refractivity contribution >= 4 is 21.4 Å². The summed E-state index contributed by atoms with van der Waals surface area (Å²) in [5.41, 5.74) is 1.99. The van der Waals surface area contributed by atoms with Gasteiger partial charge in [0.25, 0.3) is 0 Å². The summed E-state index contributed by atoms with van der Waals surface area (Å²) >= 11 is 0. The van der Waals surface area contributed by atoms with E-state index in [-0.39, 0.29) is 20.0 Å². The fraction of sp³-hybridized carbons (Fsp3) is 0. The molecule has 0 atom stereocenters. The van der Waals surface area contributed by atoms with Crippen molar-refractivity contribution in [3.05, 3.63) is 42.2 Å². The molecule has 1 N–H and O–H groups in total. The van der Waals surface area contributed by atoms with Crippen molar-refractivity contribution < 1.29 is 14.2 Å². The number of hydrogen-bond acceptors (Lipinski definition) is 2. The smallest absolute Gasteiger partial charge is 0.380 e. The molecule has 0 saturated carbocycles. The van der Waals surface area contributed by atoms with Crippen molar-refractivity contribution in [3.63, 3.8) is 0 Å². The fourth-order valence-electron chi connectivity index (χ4n) is 1.88. The topological polar surface area (TPSA) is 29.5 Å². The first-order valence-electron chi connectivity index (χ1n) is 5.00. The third kappa shape index (κ3) is 1.68. The molecule has 0 spiro atoms. The fourth-order valence-corrected chi connectivity index (χ4v) is 1.88. The Morgan fingerprint density at radius 2 is 1.82 bits per heavy atom. The molecule has 1 aliphatic rings. The van der Waals surface area contributed by atoms with Gasteiger partial charge in [0.05, 0.1) is 8.41 Å². The second-order valence-electron chi connectivity index (χ2n) is 3.71. The van der Waals surface area contributed by atoms with E-state index in [1.54, 1.807) is 24.3 Å². The maximum Gasteiger partial charge on any atom is 0.380 e. The molecule has 2 nitrogen and oxygen atoms in total. The van der Waals surface area contributed by atoms with Crippen molar-refractivity contribution in [2.45, 2.75) is 0 Å². The Balaban J connectivity index is 0.00000108. The molecular weight excluding hydrogens is 217 g/mol. The SMILES string of the molecule is B.Oc1ccccc1-c1ccc(F)c2c1OB2. The average molecular weight is 228 g/mol. The highest BCUT2D eigenvalue weighted by molar-refractivity contribution is 6.55. The van der Waals surface area contributed by atoms with E-state index in [1.807, 2.05) is 6.07 Å². The lowest BCUT2D eigenvalue weighted by atomic mass is 9.77. The number of aromatic hydroxyl groups is 1. The molecule has 0 radical (unpaired) electrons. The van der Waals surface area contributed by atoms with Gasteiger partial charge in [0.1, 0.15) is 17.3 Å². The van der Waals surface area contributed by atoms with Crippen LogP contribution in [0.2, 0.25) is 0 Å². The van der Waals surface area contributed by atoms with E-state index in [1.165, 1.54) is 6.07 Å². The predicted molar refractivity (Wildman–Crippen MR) is 70.9 cm³/mol. The van der Waals surface area contributed by atoms with Crippen LogP contribution in [0.15, 0.2) is 36.4 Å². The number of hydrogen-bond donors (Lipinski definition) is 1. The molecule has 2 aromatic carbocycles. The van der Waals surface area contributed by atoms with Gasteiger partial charge in [-0.15, -0.1) is 0 Å². The molecule has 0 saturated heterocycles. The highest BCUT2D eigenvalue weighted by atomic mass is 19.1. The van der Waals surface area contributed by atoms with Crippen LogP contribution < -0.4 is 10.1 Å². The van der Waals surface area contributed by atoms with Gasteiger partial charge < -0.3 is 9.76 Å². The van der Waals surface area contributed by atoms with E-state index >= 15 is 0 Å². The Labute approximate surface area is 101 Å². The van der Waals surface area contributed by atoms with E-state index in [0.29, 0.717) is 24.3 Å². The number of rotatable bonds is 1. The lowest BCUT2D eigenvalue weighted by Crippen LogP contribution is -2.37.